The molecular weight excluding hydrogens is 358 g/mol. The summed E-state index contributed by atoms with van der Waals surface area (Å²) in [6.07, 6.45) is 6.86. The molecule has 4 heterocycles. The Labute approximate surface area is 166 Å². The third-order valence-electron chi connectivity index (χ3n) is 6.04. The predicted molar refractivity (Wildman–Crippen MR) is 110 cm³/mol. The van der Waals surface area contributed by atoms with Crippen molar-refractivity contribution in [1.29, 1.82) is 0 Å². The van der Waals surface area contributed by atoms with Crippen LogP contribution >= 0.6 is 11.3 Å². The molecule has 3 unspecified atom stereocenters. The molecule has 2 bridgehead atoms. The molecule has 0 radical (unpaired) electrons. The maximum Gasteiger partial charge on any atom is 0.191 e. The van der Waals surface area contributed by atoms with Crippen LogP contribution in [0.25, 0.3) is 0 Å². The molecule has 0 aliphatic carbocycles. The third-order valence-corrected chi connectivity index (χ3v) is 6.86. The van der Waals surface area contributed by atoms with Crippen molar-refractivity contribution in [2.75, 3.05) is 26.2 Å². The Hall–Kier alpha value is -1.18. The van der Waals surface area contributed by atoms with E-state index in [1.807, 2.05) is 0 Å². The molecule has 2 N–H and O–H groups in total. The van der Waals surface area contributed by atoms with Gasteiger partial charge in [0, 0.05) is 25.0 Å². The van der Waals surface area contributed by atoms with Gasteiger partial charge < -0.3 is 15.4 Å². The van der Waals surface area contributed by atoms with E-state index in [1.54, 1.807) is 11.3 Å². The van der Waals surface area contributed by atoms with Crippen molar-refractivity contribution in [1.82, 2.24) is 20.5 Å². The number of piperidine rings is 1. The van der Waals surface area contributed by atoms with Crippen molar-refractivity contribution in [2.45, 2.75) is 70.7 Å². The number of rotatable bonds is 6. The van der Waals surface area contributed by atoms with Crippen molar-refractivity contribution in [3.05, 3.63) is 16.1 Å². The second kappa shape index (κ2) is 8.88. The fourth-order valence-corrected chi connectivity index (χ4v) is 5.15. The smallest absolute Gasteiger partial charge is 0.191 e. The number of nitrogens with zero attached hydrogens (tertiary/aromatic N) is 3. The first-order chi connectivity index (χ1) is 13.2. The van der Waals surface area contributed by atoms with Crippen LogP contribution in [0.3, 0.4) is 0 Å². The Morgan fingerprint density at radius 1 is 1.33 bits per heavy atom. The molecule has 0 amide bonds. The third kappa shape index (κ3) is 5.00. The minimum atomic E-state index is 0.386. The van der Waals surface area contributed by atoms with Gasteiger partial charge in [0.2, 0.25) is 0 Å². The zero-order valence-electron chi connectivity index (χ0n) is 16.6. The number of thiazole rings is 1. The molecule has 7 heteroatoms. The molecule has 150 valence electrons. The predicted octanol–water partition coefficient (Wildman–Crippen LogP) is 2.54. The molecule has 3 saturated heterocycles. The van der Waals surface area contributed by atoms with Crippen LogP contribution in [0, 0.1) is 12.8 Å². The number of guanidine groups is 1. The van der Waals surface area contributed by atoms with Crippen LogP contribution < -0.4 is 10.6 Å². The molecular formula is C20H33N5OS. The zero-order chi connectivity index (χ0) is 18.6. The number of aromatic nitrogens is 1. The van der Waals surface area contributed by atoms with Crippen molar-refractivity contribution in [3.63, 3.8) is 0 Å². The lowest BCUT2D eigenvalue weighted by molar-refractivity contribution is 0.0992. The summed E-state index contributed by atoms with van der Waals surface area (Å²) in [7, 11) is 0. The molecule has 3 aliphatic heterocycles. The van der Waals surface area contributed by atoms with E-state index in [9.17, 15) is 0 Å². The molecule has 4 rings (SSSR count). The van der Waals surface area contributed by atoms with E-state index in [0.29, 0.717) is 24.2 Å². The lowest BCUT2D eigenvalue weighted by atomic mass is 9.95. The Kier molecular flexibility index (Phi) is 6.30. The summed E-state index contributed by atoms with van der Waals surface area (Å²) in [5.41, 5.74) is 1.22. The normalized spacial score (nSPS) is 29.4. The van der Waals surface area contributed by atoms with Crippen LogP contribution in [0.4, 0.5) is 0 Å². The van der Waals surface area contributed by atoms with Gasteiger partial charge in [-0.15, -0.1) is 11.3 Å². The highest BCUT2D eigenvalue weighted by molar-refractivity contribution is 7.09. The standard InChI is InChI=1S/C20H33N5OS/c1-3-21-20(24-18-10-17-4-5-19(18)26-17)22-11-15-6-8-25(9-7-15)12-16-13-27-14(2)23-16/h13,15,17-19H,3-12H2,1-2H3,(H2,21,22,24). The minimum absolute atomic E-state index is 0.386. The second-order valence-electron chi connectivity index (χ2n) is 8.16. The molecule has 6 nitrogen and oxygen atoms in total. The summed E-state index contributed by atoms with van der Waals surface area (Å²) in [5, 5.41) is 10.4. The van der Waals surface area contributed by atoms with Gasteiger partial charge in [0.1, 0.15) is 0 Å². The summed E-state index contributed by atoms with van der Waals surface area (Å²) < 4.78 is 5.97. The number of aliphatic imine (C=N–C) groups is 1. The van der Waals surface area contributed by atoms with Crippen molar-refractivity contribution in [2.24, 2.45) is 10.9 Å². The topological polar surface area (TPSA) is 61.8 Å². The van der Waals surface area contributed by atoms with Gasteiger partial charge in [0.25, 0.3) is 0 Å². The van der Waals surface area contributed by atoms with Crippen LogP contribution in [0.5, 0.6) is 0 Å². The van der Waals surface area contributed by atoms with Crippen LogP contribution in [0.2, 0.25) is 0 Å². The molecule has 27 heavy (non-hydrogen) atoms. The Balaban J connectivity index is 1.23. The highest BCUT2D eigenvalue weighted by Crippen LogP contribution is 2.34. The van der Waals surface area contributed by atoms with Crippen molar-refractivity contribution in [3.8, 4) is 0 Å². The van der Waals surface area contributed by atoms with Crippen LogP contribution in [-0.4, -0.2) is 60.3 Å². The second-order valence-corrected chi connectivity index (χ2v) is 9.22. The van der Waals surface area contributed by atoms with Gasteiger partial charge in [-0.3, -0.25) is 9.89 Å². The molecule has 0 saturated carbocycles. The summed E-state index contributed by atoms with van der Waals surface area (Å²) in [6.45, 7) is 9.33. The number of hydrogen-bond donors (Lipinski definition) is 2. The fourth-order valence-electron chi connectivity index (χ4n) is 4.54. The first kappa shape index (κ1) is 19.2. The Morgan fingerprint density at radius 3 is 2.81 bits per heavy atom. The molecule has 3 atom stereocenters. The van der Waals surface area contributed by atoms with Crippen LogP contribution in [0.1, 0.15) is 49.7 Å². The van der Waals surface area contributed by atoms with Gasteiger partial charge in [-0.1, -0.05) is 0 Å². The van der Waals surface area contributed by atoms with Gasteiger partial charge in [0.15, 0.2) is 5.96 Å². The van der Waals surface area contributed by atoms with Gasteiger partial charge in [-0.05, 0) is 65.0 Å². The van der Waals surface area contributed by atoms with E-state index in [1.165, 1.54) is 36.4 Å². The lowest BCUT2D eigenvalue weighted by Crippen LogP contribution is -2.47. The average Bonchev–Trinajstić information content (AvgIpc) is 3.38. The summed E-state index contributed by atoms with van der Waals surface area (Å²) in [5.74, 6) is 1.66. The number of fused-ring (bicyclic) bond motifs is 2. The van der Waals surface area contributed by atoms with E-state index in [2.05, 4.69) is 39.7 Å². The zero-order valence-corrected chi connectivity index (χ0v) is 17.4. The van der Waals surface area contributed by atoms with Gasteiger partial charge >= 0.3 is 0 Å². The number of ether oxygens (including phenoxy) is 1. The highest BCUT2D eigenvalue weighted by Gasteiger charge is 2.41. The molecule has 3 fully saturated rings. The monoisotopic (exact) mass is 391 g/mol. The van der Waals surface area contributed by atoms with E-state index in [0.717, 1.165) is 45.1 Å². The molecule has 0 aromatic carbocycles. The Bertz CT molecular complexity index is 640. The molecule has 3 aliphatic rings. The molecule has 1 aromatic rings. The van der Waals surface area contributed by atoms with E-state index >= 15 is 0 Å². The Morgan fingerprint density at radius 2 is 2.19 bits per heavy atom. The highest BCUT2D eigenvalue weighted by atomic mass is 32.1. The summed E-state index contributed by atoms with van der Waals surface area (Å²) in [6, 6.07) is 0.435. The van der Waals surface area contributed by atoms with Crippen LogP contribution in [0.15, 0.2) is 10.4 Å². The van der Waals surface area contributed by atoms with Gasteiger partial charge in [-0.2, -0.15) is 0 Å². The fraction of sp³-hybridized carbons (Fsp3) is 0.800. The first-order valence-electron chi connectivity index (χ1n) is 10.5. The lowest BCUT2D eigenvalue weighted by Gasteiger charge is -2.31. The summed E-state index contributed by atoms with van der Waals surface area (Å²) in [4.78, 5) is 12.0. The van der Waals surface area contributed by atoms with E-state index in [-0.39, 0.29) is 0 Å². The van der Waals surface area contributed by atoms with Crippen molar-refractivity contribution >= 4 is 17.3 Å². The molecule has 1 aromatic heterocycles. The SMILES string of the molecule is CCNC(=NCC1CCN(Cc2csc(C)n2)CC1)NC1CC2CCC1O2. The van der Waals surface area contributed by atoms with Crippen molar-refractivity contribution < 1.29 is 4.74 Å². The minimum Gasteiger partial charge on any atom is -0.373 e. The van der Waals surface area contributed by atoms with E-state index < -0.39 is 0 Å². The number of aryl methyl sites for hydroxylation is 1. The van der Waals surface area contributed by atoms with Gasteiger partial charge in [0.05, 0.1) is 29.0 Å². The number of likely N-dealkylation sites (tertiary alicyclic amines) is 1. The maximum absolute atomic E-state index is 5.97. The average molecular weight is 392 g/mol. The van der Waals surface area contributed by atoms with Crippen LogP contribution in [-0.2, 0) is 11.3 Å². The number of hydrogen-bond acceptors (Lipinski definition) is 5. The molecule has 0 spiro atoms. The summed E-state index contributed by atoms with van der Waals surface area (Å²) >= 11 is 1.75. The number of nitrogens with one attached hydrogen (secondary N) is 2. The van der Waals surface area contributed by atoms with E-state index in [4.69, 9.17) is 9.73 Å². The first-order valence-corrected chi connectivity index (χ1v) is 11.4. The maximum atomic E-state index is 5.97. The quantitative estimate of drug-likeness (QED) is 0.576. The largest absolute Gasteiger partial charge is 0.373 e. The van der Waals surface area contributed by atoms with Gasteiger partial charge in [-0.25, -0.2) is 4.98 Å².